The molecule has 1 nitrogen and oxygen atoms in total. The summed E-state index contributed by atoms with van der Waals surface area (Å²) in [7, 11) is 0. The van der Waals surface area contributed by atoms with Crippen LogP contribution in [0, 0.1) is 5.41 Å². The minimum Gasteiger partial charge on any atom is -0.308 e. The smallest absolute Gasteiger partial charge is 0.308 e. The van der Waals surface area contributed by atoms with Crippen LogP contribution in [0.3, 0.4) is 0 Å². The molecule has 0 bridgehead atoms. The molecule has 0 aromatic heterocycles. The minimum atomic E-state index is -4.23. The van der Waals surface area contributed by atoms with Crippen molar-refractivity contribution in [1.82, 2.24) is 5.32 Å². The number of alkyl halides is 3. The Morgan fingerprint density at radius 1 is 0.952 bits per heavy atom. The standard InChI is InChI=1S/C16H24F3NS/c1-14(2,3)11-15(4,5)20-10-12-6-8-13(9-7-12)21-16(17,18)19/h6-9,20H,10-11H2,1-5H3. The van der Waals surface area contributed by atoms with E-state index in [0.29, 0.717) is 6.54 Å². The van der Waals surface area contributed by atoms with Crippen LogP contribution in [0.2, 0.25) is 0 Å². The number of hydrogen-bond donors (Lipinski definition) is 1. The molecule has 0 amide bonds. The Bertz CT molecular complexity index is 444. The van der Waals surface area contributed by atoms with Crippen LogP contribution in [0.25, 0.3) is 0 Å². The van der Waals surface area contributed by atoms with Crippen molar-refractivity contribution in [2.75, 3.05) is 0 Å². The maximum absolute atomic E-state index is 12.3. The molecule has 5 heteroatoms. The van der Waals surface area contributed by atoms with E-state index in [1.54, 1.807) is 12.1 Å². The van der Waals surface area contributed by atoms with Gasteiger partial charge in [-0.05, 0) is 55.1 Å². The van der Waals surface area contributed by atoms with Gasteiger partial charge in [0, 0.05) is 17.0 Å². The average molecular weight is 319 g/mol. The number of thioether (sulfide) groups is 1. The molecule has 0 atom stereocenters. The van der Waals surface area contributed by atoms with Crippen molar-refractivity contribution in [2.45, 2.75) is 63.5 Å². The predicted molar refractivity (Wildman–Crippen MR) is 83.3 cm³/mol. The van der Waals surface area contributed by atoms with Crippen molar-refractivity contribution < 1.29 is 13.2 Å². The van der Waals surface area contributed by atoms with Crippen LogP contribution >= 0.6 is 11.8 Å². The molecule has 1 aromatic rings. The molecule has 21 heavy (non-hydrogen) atoms. The molecular weight excluding hydrogens is 295 g/mol. The van der Waals surface area contributed by atoms with E-state index in [1.165, 1.54) is 12.1 Å². The van der Waals surface area contributed by atoms with Crippen LogP contribution < -0.4 is 5.32 Å². The maximum Gasteiger partial charge on any atom is 0.446 e. The largest absolute Gasteiger partial charge is 0.446 e. The van der Waals surface area contributed by atoms with E-state index in [-0.39, 0.29) is 27.6 Å². The molecule has 0 fully saturated rings. The monoisotopic (exact) mass is 319 g/mol. The molecule has 1 aromatic carbocycles. The Balaban J connectivity index is 2.57. The van der Waals surface area contributed by atoms with Crippen molar-refractivity contribution in [3.8, 4) is 0 Å². The summed E-state index contributed by atoms with van der Waals surface area (Å²) in [5.74, 6) is 0. The van der Waals surface area contributed by atoms with Crippen LogP contribution in [-0.4, -0.2) is 11.0 Å². The molecule has 0 heterocycles. The lowest BCUT2D eigenvalue weighted by molar-refractivity contribution is -0.0328. The van der Waals surface area contributed by atoms with Gasteiger partial charge < -0.3 is 5.32 Å². The number of nitrogens with one attached hydrogen (secondary N) is 1. The lowest BCUT2D eigenvalue weighted by Gasteiger charge is -2.33. The summed E-state index contributed by atoms with van der Waals surface area (Å²) < 4.78 is 36.8. The third-order valence-electron chi connectivity index (χ3n) is 2.90. The minimum absolute atomic E-state index is 0.0162. The Morgan fingerprint density at radius 3 is 1.90 bits per heavy atom. The van der Waals surface area contributed by atoms with Crippen LogP contribution in [0.15, 0.2) is 29.2 Å². The van der Waals surface area contributed by atoms with Gasteiger partial charge in [0.05, 0.1) is 0 Å². The maximum atomic E-state index is 12.3. The van der Waals surface area contributed by atoms with E-state index in [4.69, 9.17) is 0 Å². The van der Waals surface area contributed by atoms with Crippen LogP contribution in [0.5, 0.6) is 0 Å². The van der Waals surface area contributed by atoms with Crippen molar-refractivity contribution in [1.29, 1.82) is 0 Å². The van der Waals surface area contributed by atoms with E-state index in [2.05, 4.69) is 39.9 Å². The lowest BCUT2D eigenvalue weighted by Crippen LogP contribution is -2.41. The summed E-state index contributed by atoms with van der Waals surface area (Å²) in [5, 5.41) is 3.47. The Hall–Kier alpha value is -0.680. The molecular formula is C16H24F3NS. The summed E-state index contributed by atoms with van der Waals surface area (Å²) >= 11 is -0.0795. The third kappa shape index (κ3) is 8.37. The Morgan fingerprint density at radius 2 is 1.48 bits per heavy atom. The fourth-order valence-corrected chi connectivity index (χ4v) is 3.08. The van der Waals surface area contributed by atoms with Gasteiger partial charge in [0.15, 0.2) is 0 Å². The van der Waals surface area contributed by atoms with Crippen molar-refractivity contribution in [3.63, 3.8) is 0 Å². The highest BCUT2D eigenvalue weighted by atomic mass is 32.2. The molecule has 1 N–H and O–H groups in total. The summed E-state index contributed by atoms with van der Waals surface area (Å²) in [6.45, 7) is 11.5. The zero-order chi connectivity index (χ0) is 16.3. The molecule has 0 aliphatic rings. The van der Waals surface area contributed by atoms with Crippen molar-refractivity contribution in [3.05, 3.63) is 29.8 Å². The fraction of sp³-hybridized carbons (Fsp3) is 0.625. The zero-order valence-electron chi connectivity index (χ0n) is 13.3. The van der Waals surface area contributed by atoms with Crippen molar-refractivity contribution >= 4 is 11.8 Å². The van der Waals surface area contributed by atoms with Gasteiger partial charge >= 0.3 is 5.51 Å². The van der Waals surface area contributed by atoms with Gasteiger partial charge in [0.2, 0.25) is 0 Å². The van der Waals surface area contributed by atoms with Gasteiger partial charge in [-0.3, -0.25) is 0 Å². The molecule has 0 unspecified atom stereocenters. The van der Waals surface area contributed by atoms with Gasteiger partial charge in [0.25, 0.3) is 0 Å². The van der Waals surface area contributed by atoms with Gasteiger partial charge in [-0.1, -0.05) is 32.9 Å². The van der Waals surface area contributed by atoms with E-state index in [0.717, 1.165) is 12.0 Å². The van der Waals surface area contributed by atoms with E-state index >= 15 is 0 Å². The molecule has 120 valence electrons. The van der Waals surface area contributed by atoms with Crippen LogP contribution in [0.1, 0.15) is 46.6 Å². The van der Waals surface area contributed by atoms with E-state index in [9.17, 15) is 13.2 Å². The first-order valence-electron chi connectivity index (χ1n) is 6.96. The normalized spacial score (nSPS) is 13.5. The first-order valence-corrected chi connectivity index (χ1v) is 7.78. The number of benzene rings is 1. The zero-order valence-corrected chi connectivity index (χ0v) is 14.1. The van der Waals surface area contributed by atoms with Gasteiger partial charge in [0.1, 0.15) is 0 Å². The number of halogens is 3. The molecule has 0 spiro atoms. The highest BCUT2D eigenvalue weighted by Crippen LogP contribution is 2.36. The van der Waals surface area contributed by atoms with Crippen molar-refractivity contribution in [2.24, 2.45) is 5.41 Å². The van der Waals surface area contributed by atoms with E-state index in [1.807, 2.05) is 0 Å². The fourth-order valence-electron chi connectivity index (χ4n) is 2.54. The van der Waals surface area contributed by atoms with E-state index < -0.39 is 5.51 Å². The molecule has 0 aliphatic carbocycles. The SMILES string of the molecule is CC(C)(C)CC(C)(C)NCc1ccc(SC(F)(F)F)cc1. The first-order chi connectivity index (χ1) is 9.36. The predicted octanol–water partition coefficient (Wildman–Crippen LogP) is 5.60. The Labute approximate surface area is 129 Å². The van der Waals surface area contributed by atoms with Crippen LogP contribution in [-0.2, 0) is 6.54 Å². The second-order valence-corrected chi connectivity index (χ2v) is 8.31. The Kier molecular flexibility index (Phi) is 5.78. The first kappa shape index (κ1) is 18.4. The van der Waals surface area contributed by atoms with Crippen LogP contribution in [0.4, 0.5) is 13.2 Å². The van der Waals surface area contributed by atoms with Gasteiger partial charge in [-0.25, -0.2) is 0 Å². The molecule has 0 saturated carbocycles. The van der Waals surface area contributed by atoms with Gasteiger partial charge in [-0.15, -0.1) is 0 Å². The average Bonchev–Trinajstić information content (AvgIpc) is 2.23. The second kappa shape index (κ2) is 6.61. The van der Waals surface area contributed by atoms with Gasteiger partial charge in [-0.2, -0.15) is 13.2 Å². The summed E-state index contributed by atoms with van der Waals surface area (Å²) in [4.78, 5) is 0.222. The number of hydrogen-bond acceptors (Lipinski definition) is 2. The molecule has 0 radical (unpaired) electrons. The summed E-state index contributed by atoms with van der Waals surface area (Å²) in [6, 6.07) is 6.53. The summed E-state index contributed by atoms with van der Waals surface area (Å²) in [6.07, 6.45) is 1.02. The quantitative estimate of drug-likeness (QED) is 0.709. The second-order valence-electron chi connectivity index (χ2n) is 7.17. The highest BCUT2D eigenvalue weighted by Gasteiger charge is 2.29. The lowest BCUT2D eigenvalue weighted by atomic mass is 9.82. The summed E-state index contributed by atoms with van der Waals surface area (Å²) in [5.41, 5.74) is -3.03. The highest BCUT2D eigenvalue weighted by molar-refractivity contribution is 8.00. The topological polar surface area (TPSA) is 12.0 Å². The molecule has 0 aliphatic heterocycles. The molecule has 1 rings (SSSR count). The number of rotatable bonds is 5. The third-order valence-corrected chi connectivity index (χ3v) is 3.64. The molecule has 0 saturated heterocycles.